The summed E-state index contributed by atoms with van der Waals surface area (Å²) in [6.07, 6.45) is 1.19. The zero-order chi connectivity index (χ0) is 18.2. The molecule has 0 bridgehead atoms. The van der Waals surface area contributed by atoms with Gasteiger partial charge in [0.05, 0.1) is 13.2 Å². The Kier molecular flexibility index (Phi) is 6.05. The van der Waals surface area contributed by atoms with Crippen LogP contribution in [0.15, 0.2) is 84.9 Å². The second kappa shape index (κ2) is 8.86. The highest BCUT2D eigenvalue weighted by molar-refractivity contribution is 5.77. The first-order valence-electron chi connectivity index (χ1n) is 8.78. The Morgan fingerprint density at radius 3 is 2.04 bits per heavy atom. The molecule has 3 nitrogen and oxygen atoms in total. The van der Waals surface area contributed by atoms with E-state index in [1.54, 1.807) is 7.11 Å². The van der Waals surface area contributed by atoms with E-state index < -0.39 is 0 Å². The summed E-state index contributed by atoms with van der Waals surface area (Å²) in [5.41, 5.74) is 3.26. The van der Waals surface area contributed by atoms with Gasteiger partial charge in [-0.05, 0) is 35.2 Å². The number of amides is 1. The summed E-state index contributed by atoms with van der Waals surface area (Å²) in [7, 11) is 1.65. The Hall–Kier alpha value is -3.07. The monoisotopic (exact) mass is 345 g/mol. The first kappa shape index (κ1) is 17.7. The summed E-state index contributed by atoms with van der Waals surface area (Å²) in [5, 5.41) is 3.18. The van der Waals surface area contributed by atoms with Crippen molar-refractivity contribution in [2.24, 2.45) is 0 Å². The van der Waals surface area contributed by atoms with Crippen molar-refractivity contribution in [3.05, 3.63) is 102 Å². The molecule has 0 radical (unpaired) electrons. The van der Waals surface area contributed by atoms with E-state index in [1.807, 2.05) is 84.9 Å². The summed E-state index contributed by atoms with van der Waals surface area (Å²) < 4.78 is 5.24. The maximum Gasteiger partial charge on any atom is 0.221 e. The van der Waals surface area contributed by atoms with Crippen LogP contribution in [0.1, 0.15) is 29.2 Å². The van der Waals surface area contributed by atoms with Crippen LogP contribution in [0.5, 0.6) is 5.75 Å². The van der Waals surface area contributed by atoms with Gasteiger partial charge in [0.25, 0.3) is 0 Å². The molecule has 1 amide bonds. The van der Waals surface area contributed by atoms with Crippen molar-refractivity contribution < 1.29 is 9.53 Å². The zero-order valence-electron chi connectivity index (χ0n) is 14.9. The fraction of sp³-hybridized carbons (Fsp3) is 0.174. The molecule has 1 atom stereocenters. The van der Waals surface area contributed by atoms with Gasteiger partial charge in [-0.3, -0.25) is 4.79 Å². The molecule has 0 heterocycles. The highest BCUT2D eigenvalue weighted by Crippen LogP contribution is 2.24. The van der Waals surface area contributed by atoms with E-state index >= 15 is 0 Å². The molecule has 132 valence electrons. The molecule has 3 heteroatoms. The Bertz CT molecular complexity index is 814. The number of hydrogen-bond donors (Lipinski definition) is 1. The van der Waals surface area contributed by atoms with Crippen LogP contribution in [0.4, 0.5) is 0 Å². The van der Waals surface area contributed by atoms with Crippen molar-refractivity contribution in [1.29, 1.82) is 0 Å². The van der Waals surface area contributed by atoms with Crippen LogP contribution < -0.4 is 10.1 Å². The van der Waals surface area contributed by atoms with E-state index in [-0.39, 0.29) is 11.9 Å². The first-order chi connectivity index (χ1) is 12.8. The third-order valence-electron chi connectivity index (χ3n) is 4.37. The van der Waals surface area contributed by atoms with Crippen molar-refractivity contribution in [2.45, 2.75) is 18.9 Å². The van der Waals surface area contributed by atoms with E-state index in [9.17, 15) is 4.79 Å². The molecule has 0 aliphatic rings. The number of carbonyl (C=O) groups is 1. The van der Waals surface area contributed by atoms with Gasteiger partial charge < -0.3 is 10.1 Å². The number of methoxy groups -OCH3 is 1. The molecule has 1 unspecified atom stereocenters. The number of aryl methyl sites for hydroxylation is 1. The molecular weight excluding hydrogens is 322 g/mol. The molecule has 0 saturated heterocycles. The number of benzene rings is 3. The van der Waals surface area contributed by atoms with E-state index in [2.05, 4.69) is 5.32 Å². The standard InChI is InChI=1S/C23H23NO2/c1-26-21-15-13-20(14-16-21)23(19-10-6-3-7-11-19)24-22(25)17-12-18-8-4-2-5-9-18/h2-11,13-16,23H,12,17H2,1H3,(H,24,25). The van der Waals surface area contributed by atoms with Gasteiger partial charge >= 0.3 is 0 Å². The zero-order valence-corrected chi connectivity index (χ0v) is 14.9. The summed E-state index contributed by atoms with van der Waals surface area (Å²) in [6.45, 7) is 0. The Balaban J connectivity index is 1.74. The molecule has 26 heavy (non-hydrogen) atoms. The van der Waals surface area contributed by atoms with Crippen LogP contribution in [-0.4, -0.2) is 13.0 Å². The number of hydrogen-bond acceptors (Lipinski definition) is 2. The minimum Gasteiger partial charge on any atom is -0.497 e. The number of ether oxygens (including phenoxy) is 1. The van der Waals surface area contributed by atoms with Crippen molar-refractivity contribution in [3.8, 4) is 5.75 Å². The summed E-state index contributed by atoms with van der Waals surface area (Å²) >= 11 is 0. The molecule has 0 aliphatic carbocycles. The van der Waals surface area contributed by atoms with Gasteiger partial charge in [0, 0.05) is 6.42 Å². The Morgan fingerprint density at radius 2 is 1.42 bits per heavy atom. The van der Waals surface area contributed by atoms with Gasteiger partial charge in [-0.15, -0.1) is 0 Å². The highest BCUT2D eigenvalue weighted by atomic mass is 16.5. The van der Waals surface area contributed by atoms with Crippen LogP contribution in [0.2, 0.25) is 0 Å². The van der Waals surface area contributed by atoms with Crippen molar-refractivity contribution in [2.75, 3.05) is 7.11 Å². The number of rotatable bonds is 7. The molecular formula is C23H23NO2. The van der Waals surface area contributed by atoms with E-state index in [0.29, 0.717) is 6.42 Å². The van der Waals surface area contributed by atoms with Crippen LogP contribution in [-0.2, 0) is 11.2 Å². The van der Waals surface area contributed by atoms with E-state index in [1.165, 1.54) is 5.56 Å². The van der Waals surface area contributed by atoms with Crippen molar-refractivity contribution >= 4 is 5.91 Å². The lowest BCUT2D eigenvalue weighted by atomic mass is 9.98. The quantitative estimate of drug-likeness (QED) is 0.683. The largest absolute Gasteiger partial charge is 0.497 e. The lowest BCUT2D eigenvalue weighted by Crippen LogP contribution is -2.29. The van der Waals surface area contributed by atoms with Gasteiger partial charge in [-0.1, -0.05) is 72.8 Å². The third kappa shape index (κ3) is 4.73. The Morgan fingerprint density at radius 1 is 0.846 bits per heavy atom. The molecule has 0 spiro atoms. The van der Waals surface area contributed by atoms with Gasteiger partial charge in [-0.2, -0.15) is 0 Å². The second-order valence-electron chi connectivity index (χ2n) is 6.17. The minimum atomic E-state index is -0.176. The molecule has 3 aromatic carbocycles. The van der Waals surface area contributed by atoms with Crippen LogP contribution in [0, 0.1) is 0 Å². The molecule has 0 fully saturated rings. The van der Waals surface area contributed by atoms with Gasteiger partial charge in [0.1, 0.15) is 5.75 Å². The maximum absolute atomic E-state index is 12.6. The maximum atomic E-state index is 12.6. The smallest absolute Gasteiger partial charge is 0.221 e. The predicted octanol–water partition coefficient (Wildman–Crippen LogP) is 4.53. The molecule has 0 aliphatic heterocycles. The van der Waals surface area contributed by atoms with Crippen molar-refractivity contribution in [3.63, 3.8) is 0 Å². The second-order valence-corrected chi connectivity index (χ2v) is 6.17. The fourth-order valence-electron chi connectivity index (χ4n) is 2.94. The van der Waals surface area contributed by atoms with E-state index in [0.717, 1.165) is 23.3 Å². The SMILES string of the molecule is COc1ccc(C(NC(=O)CCc2ccccc2)c2ccccc2)cc1. The summed E-state index contributed by atoms with van der Waals surface area (Å²) in [6, 6.07) is 27.7. The van der Waals surface area contributed by atoms with Crippen LogP contribution in [0.25, 0.3) is 0 Å². The topological polar surface area (TPSA) is 38.3 Å². The van der Waals surface area contributed by atoms with Crippen LogP contribution >= 0.6 is 0 Å². The van der Waals surface area contributed by atoms with Crippen molar-refractivity contribution in [1.82, 2.24) is 5.32 Å². The van der Waals surface area contributed by atoms with E-state index in [4.69, 9.17) is 4.74 Å². The van der Waals surface area contributed by atoms with Gasteiger partial charge in [0.2, 0.25) is 5.91 Å². The molecule has 3 rings (SSSR count). The normalized spacial score (nSPS) is 11.6. The summed E-state index contributed by atoms with van der Waals surface area (Å²) in [5.74, 6) is 0.842. The fourth-order valence-corrected chi connectivity index (χ4v) is 2.94. The first-order valence-corrected chi connectivity index (χ1v) is 8.78. The molecule has 3 aromatic rings. The predicted molar refractivity (Wildman–Crippen MR) is 104 cm³/mol. The summed E-state index contributed by atoms with van der Waals surface area (Å²) in [4.78, 5) is 12.6. The third-order valence-corrected chi connectivity index (χ3v) is 4.37. The molecule has 0 aromatic heterocycles. The number of nitrogens with one attached hydrogen (secondary N) is 1. The number of carbonyl (C=O) groups excluding carboxylic acids is 1. The Labute approximate surface area is 154 Å². The lowest BCUT2D eigenvalue weighted by molar-refractivity contribution is -0.121. The minimum absolute atomic E-state index is 0.0403. The van der Waals surface area contributed by atoms with Crippen LogP contribution in [0.3, 0.4) is 0 Å². The average Bonchev–Trinajstić information content (AvgIpc) is 2.72. The molecule has 0 saturated carbocycles. The van der Waals surface area contributed by atoms with Gasteiger partial charge in [-0.25, -0.2) is 0 Å². The molecule has 1 N–H and O–H groups in total. The van der Waals surface area contributed by atoms with Gasteiger partial charge in [0.15, 0.2) is 0 Å². The highest BCUT2D eigenvalue weighted by Gasteiger charge is 2.16. The average molecular weight is 345 g/mol. The lowest BCUT2D eigenvalue weighted by Gasteiger charge is -2.20.